The fraction of sp³-hybridized carbons (Fsp3) is 0.824. The van der Waals surface area contributed by atoms with Crippen LogP contribution in [-0.2, 0) is 14.3 Å². The minimum Gasteiger partial charge on any atom is -0.463 e. The van der Waals surface area contributed by atoms with E-state index in [0.29, 0.717) is 25.3 Å². The first-order valence-electron chi connectivity index (χ1n) is 8.89. The van der Waals surface area contributed by atoms with Crippen molar-refractivity contribution < 1.29 is 14.3 Å². The largest absolute Gasteiger partial charge is 0.463 e. The number of carbonyl (C=O) groups excluding carboxylic acids is 2. The number of esters is 1. The molecule has 0 bridgehead atoms. The van der Waals surface area contributed by atoms with Gasteiger partial charge in [-0.2, -0.15) is 0 Å². The van der Waals surface area contributed by atoms with Crippen molar-refractivity contribution in [2.75, 3.05) is 33.2 Å². The summed E-state index contributed by atoms with van der Waals surface area (Å²) in [6, 6.07) is 0. The lowest BCUT2D eigenvalue weighted by molar-refractivity contribution is -0.147. The molecular formula is C17H32N4O3. The van der Waals surface area contributed by atoms with Gasteiger partial charge in [0.1, 0.15) is 0 Å². The zero-order chi connectivity index (χ0) is 17.9. The number of aliphatic imine (C=N–C) groups is 1. The van der Waals surface area contributed by atoms with E-state index in [1.807, 2.05) is 20.8 Å². The number of hydrogen-bond acceptors (Lipinski definition) is 4. The second kappa shape index (κ2) is 10.9. The molecule has 0 radical (unpaired) electrons. The first kappa shape index (κ1) is 20.3. The summed E-state index contributed by atoms with van der Waals surface area (Å²) < 4.78 is 5.12. The van der Waals surface area contributed by atoms with E-state index in [4.69, 9.17) is 4.74 Å². The smallest absolute Gasteiger partial charge is 0.307 e. The first-order chi connectivity index (χ1) is 11.5. The van der Waals surface area contributed by atoms with Crippen LogP contribution in [-0.4, -0.2) is 62.1 Å². The molecule has 24 heavy (non-hydrogen) atoms. The van der Waals surface area contributed by atoms with E-state index in [2.05, 4.69) is 20.5 Å². The first-order valence-corrected chi connectivity index (χ1v) is 8.89. The Morgan fingerprint density at radius 1 is 1.29 bits per heavy atom. The Balaban J connectivity index is 2.46. The number of likely N-dealkylation sites (tertiary alicyclic amines) is 1. The number of amides is 1. The van der Waals surface area contributed by atoms with Crippen molar-refractivity contribution in [2.45, 2.75) is 52.6 Å². The van der Waals surface area contributed by atoms with Crippen LogP contribution >= 0.6 is 0 Å². The number of nitrogens with one attached hydrogen (secondary N) is 2. The van der Waals surface area contributed by atoms with Crippen LogP contribution in [0.2, 0.25) is 0 Å². The van der Waals surface area contributed by atoms with Gasteiger partial charge in [0.15, 0.2) is 5.96 Å². The maximum Gasteiger partial charge on any atom is 0.307 e. The quantitative estimate of drug-likeness (QED) is 0.413. The van der Waals surface area contributed by atoms with Crippen molar-refractivity contribution in [3.05, 3.63) is 0 Å². The maximum absolute atomic E-state index is 11.6. The van der Waals surface area contributed by atoms with E-state index < -0.39 is 0 Å². The molecule has 7 heteroatoms. The molecule has 1 fully saturated rings. The highest BCUT2D eigenvalue weighted by atomic mass is 16.5. The molecule has 7 nitrogen and oxygen atoms in total. The lowest BCUT2D eigenvalue weighted by Crippen LogP contribution is -2.46. The van der Waals surface area contributed by atoms with E-state index >= 15 is 0 Å². The Labute approximate surface area is 145 Å². The van der Waals surface area contributed by atoms with Crippen LogP contribution in [0, 0.1) is 5.92 Å². The summed E-state index contributed by atoms with van der Waals surface area (Å²) >= 11 is 0. The zero-order valence-electron chi connectivity index (χ0n) is 15.4. The van der Waals surface area contributed by atoms with Gasteiger partial charge in [-0.05, 0) is 39.5 Å². The van der Waals surface area contributed by atoms with E-state index in [-0.39, 0.29) is 18.0 Å². The maximum atomic E-state index is 11.6. The second-order valence-corrected chi connectivity index (χ2v) is 6.33. The Hall–Kier alpha value is -1.79. The Bertz CT molecular complexity index is 430. The minimum atomic E-state index is -0.214. The molecule has 0 aromatic carbocycles. The molecule has 1 aliphatic rings. The fourth-order valence-corrected chi connectivity index (χ4v) is 2.71. The van der Waals surface area contributed by atoms with Gasteiger partial charge in [-0.25, -0.2) is 0 Å². The molecule has 138 valence electrons. The van der Waals surface area contributed by atoms with Crippen molar-refractivity contribution in [3.8, 4) is 0 Å². The Morgan fingerprint density at radius 3 is 2.50 bits per heavy atom. The van der Waals surface area contributed by atoms with Crippen LogP contribution in [0.15, 0.2) is 4.99 Å². The predicted molar refractivity (Wildman–Crippen MR) is 94.8 cm³/mol. The Kier molecular flexibility index (Phi) is 9.19. The standard InChI is InChI=1S/C17H32N4O3/c1-5-19-17(20-9-6-16(23)24-13(2)3)21-10-7-14(8-11-21)12-15(22)18-4/h13-14H,5-12H2,1-4H3,(H,18,22)(H,19,20). The second-order valence-electron chi connectivity index (χ2n) is 6.33. The molecule has 1 amide bonds. The molecule has 1 rings (SSSR count). The van der Waals surface area contributed by atoms with Gasteiger partial charge in [0.05, 0.1) is 19.1 Å². The van der Waals surface area contributed by atoms with Crippen molar-refractivity contribution in [1.29, 1.82) is 0 Å². The van der Waals surface area contributed by atoms with Gasteiger partial charge in [-0.1, -0.05) is 0 Å². The van der Waals surface area contributed by atoms with E-state index in [0.717, 1.165) is 38.4 Å². The van der Waals surface area contributed by atoms with Gasteiger partial charge in [-0.15, -0.1) is 0 Å². The molecule has 0 spiro atoms. The lowest BCUT2D eigenvalue weighted by atomic mass is 9.93. The van der Waals surface area contributed by atoms with Gasteiger partial charge in [0, 0.05) is 33.1 Å². The lowest BCUT2D eigenvalue weighted by Gasteiger charge is -2.34. The number of guanidine groups is 1. The number of rotatable bonds is 7. The van der Waals surface area contributed by atoms with Crippen LogP contribution in [0.4, 0.5) is 0 Å². The van der Waals surface area contributed by atoms with E-state index in [1.54, 1.807) is 7.05 Å². The van der Waals surface area contributed by atoms with Gasteiger partial charge in [0.2, 0.25) is 5.91 Å². The van der Waals surface area contributed by atoms with Gasteiger partial charge < -0.3 is 20.3 Å². The normalized spacial score (nSPS) is 16.2. The summed E-state index contributed by atoms with van der Waals surface area (Å²) in [5.74, 6) is 1.17. The molecule has 0 aromatic heterocycles. The summed E-state index contributed by atoms with van der Waals surface area (Å²) in [5, 5.41) is 5.96. The number of ether oxygens (including phenoxy) is 1. The summed E-state index contributed by atoms with van der Waals surface area (Å²) in [6.45, 7) is 8.68. The molecule has 0 aromatic rings. The van der Waals surface area contributed by atoms with Crippen LogP contribution in [0.3, 0.4) is 0 Å². The molecular weight excluding hydrogens is 308 g/mol. The summed E-state index contributed by atoms with van der Waals surface area (Å²) in [6.07, 6.45) is 2.76. The van der Waals surface area contributed by atoms with Gasteiger partial charge >= 0.3 is 5.97 Å². The fourth-order valence-electron chi connectivity index (χ4n) is 2.71. The third-order valence-electron chi connectivity index (χ3n) is 3.95. The van der Waals surface area contributed by atoms with Crippen molar-refractivity contribution in [2.24, 2.45) is 10.9 Å². The molecule has 0 saturated carbocycles. The number of carbonyl (C=O) groups is 2. The van der Waals surface area contributed by atoms with Crippen LogP contribution in [0.1, 0.15) is 46.5 Å². The highest BCUT2D eigenvalue weighted by Crippen LogP contribution is 2.20. The van der Waals surface area contributed by atoms with Gasteiger partial charge in [-0.3, -0.25) is 14.6 Å². The predicted octanol–water partition coefficient (Wildman–Crippen LogP) is 1.14. The number of nitrogens with zero attached hydrogens (tertiary/aromatic N) is 2. The monoisotopic (exact) mass is 340 g/mol. The number of hydrogen-bond donors (Lipinski definition) is 2. The third kappa shape index (κ3) is 7.66. The molecule has 0 aliphatic carbocycles. The highest BCUT2D eigenvalue weighted by Gasteiger charge is 2.23. The summed E-state index contributed by atoms with van der Waals surface area (Å²) in [5.41, 5.74) is 0. The van der Waals surface area contributed by atoms with Gasteiger partial charge in [0.25, 0.3) is 0 Å². The average Bonchev–Trinajstić information content (AvgIpc) is 2.54. The van der Waals surface area contributed by atoms with Crippen molar-refractivity contribution in [1.82, 2.24) is 15.5 Å². The topological polar surface area (TPSA) is 83.0 Å². The SMILES string of the molecule is CCNC(=NCCC(=O)OC(C)C)N1CCC(CC(=O)NC)CC1. The molecule has 1 aliphatic heterocycles. The summed E-state index contributed by atoms with van der Waals surface area (Å²) in [7, 11) is 1.68. The molecule has 2 N–H and O–H groups in total. The van der Waals surface area contributed by atoms with E-state index in [9.17, 15) is 9.59 Å². The average molecular weight is 340 g/mol. The number of piperidine rings is 1. The molecule has 1 heterocycles. The molecule has 1 saturated heterocycles. The molecule has 0 unspecified atom stereocenters. The van der Waals surface area contributed by atoms with Crippen LogP contribution in [0.25, 0.3) is 0 Å². The van der Waals surface area contributed by atoms with Crippen molar-refractivity contribution in [3.63, 3.8) is 0 Å². The van der Waals surface area contributed by atoms with E-state index in [1.165, 1.54) is 0 Å². The third-order valence-corrected chi connectivity index (χ3v) is 3.95. The van der Waals surface area contributed by atoms with Crippen LogP contribution in [0.5, 0.6) is 0 Å². The summed E-state index contributed by atoms with van der Waals surface area (Å²) in [4.78, 5) is 29.8. The zero-order valence-corrected chi connectivity index (χ0v) is 15.4. The Morgan fingerprint density at radius 2 is 1.96 bits per heavy atom. The van der Waals surface area contributed by atoms with Crippen LogP contribution < -0.4 is 10.6 Å². The highest BCUT2D eigenvalue weighted by molar-refractivity contribution is 5.80. The van der Waals surface area contributed by atoms with Crippen molar-refractivity contribution >= 4 is 17.8 Å². The minimum absolute atomic E-state index is 0.0888. The molecule has 0 atom stereocenters.